The average molecular weight is 429 g/mol. The summed E-state index contributed by atoms with van der Waals surface area (Å²) in [6.45, 7) is 0.198. The Morgan fingerprint density at radius 1 is 0.969 bits per heavy atom. The molecule has 32 heavy (non-hydrogen) atoms. The van der Waals surface area contributed by atoms with Crippen LogP contribution in [0.5, 0.6) is 17.2 Å². The second-order valence-electron chi connectivity index (χ2n) is 7.93. The number of rotatable bonds is 6. The highest BCUT2D eigenvalue weighted by molar-refractivity contribution is 6.02. The van der Waals surface area contributed by atoms with Gasteiger partial charge in [0.25, 0.3) is 5.91 Å². The fourth-order valence-corrected chi connectivity index (χ4v) is 4.03. The summed E-state index contributed by atoms with van der Waals surface area (Å²) in [4.78, 5) is 24.5. The molecule has 1 heterocycles. The Hall–Kier alpha value is -4.00. The first-order chi connectivity index (χ1) is 15.5. The minimum Gasteiger partial charge on any atom is -0.496 e. The molecule has 2 aliphatic rings. The van der Waals surface area contributed by atoms with Gasteiger partial charge in [0.1, 0.15) is 5.75 Å². The number of nitrogens with one attached hydrogen (secondary N) is 2. The summed E-state index contributed by atoms with van der Waals surface area (Å²) < 4.78 is 16.3. The summed E-state index contributed by atoms with van der Waals surface area (Å²) in [5.74, 6) is 1.21. The molecule has 3 aromatic rings. The minimum atomic E-state index is -0.734. The highest BCUT2D eigenvalue weighted by atomic mass is 16.7. The van der Waals surface area contributed by atoms with E-state index in [0.717, 1.165) is 29.5 Å². The van der Waals surface area contributed by atoms with E-state index in [9.17, 15) is 9.59 Å². The summed E-state index contributed by atoms with van der Waals surface area (Å²) in [7, 11) is 1.58. The van der Waals surface area contributed by atoms with Crippen molar-refractivity contribution in [3.63, 3.8) is 0 Å². The third kappa shape index (κ3) is 3.41. The van der Waals surface area contributed by atoms with Gasteiger partial charge in [-0.15, -0.1) is 0 Å². The van der Waals surface area contributed by atoms with Gasteiger partial charge in [0.2, 0.25) is 12.7 Å². The van der Waals surface area contributed by atoms with E-state index in [1.165, 1.54) is 0 Å². The molecule has 1 saturated carbocycles. The summed E-state index contributed by atoms with van der Waals surface area (Å²) >= 11 is 0. The lowest BCUT2D eigenvalue weighted by atomic mass is 9.94. The maximum absolute atomic E-state index is 13.2. The second-order valence-corrected chi connectivity index (χ2v) is 7.93. The fraction of sp³-hybridized carbons (Fsp3) is 0.200. The molecule has 0 saturated heterocycles. The number of hydrogen-bond acceptors (Lipinski definition) is 5. The third-order valence-electron chi connectivity index (χ3n) is 6.03. The van der Waals surface area contributed by atoms with Gasteiger partial charge in [-0.05, 0) is 66.4 Å². The summed E-state index contributed by atoms with van der Waals surface area (Å²) in [6.07, 6.45) is 1.54. The first kappa shape index (κ1) is 19.9. The predicted molar refractivity (Wildman–Crippen MR) is 118 cm³/mol. The molecule has 2 N–H and O–H groups in total. The van der Waals surface area contributed by atoms with Gasteiger partial charge in [0.05, 0.1) is 12.5 Å². The zero-order valence-electron chi connectivity index (χ0n) is 17.4. The highest BCUT2D eigenvalue weighted by Crippen LogP contribution is 2.51. The van der Waals surface area contributed by atoms with Crippen LogP contribution in [0, 0.1) is 0 Å². The van der Waals surface area contributed by atoms with E-state index >= 15 is 0 Å². The number of benzene rings is 3. The number of methoxy groups -OCH3 is 1. The SMILES string of the molecule is COc1ccc(NC(=O)C2(c3ccc4c(c3)OCO4)CC2)cc1-c1ccc(C([NH])=O)cc1. The van der Waals surface area contributed by atoms with Gasteiger partial charge in [0.15, 0.2) is 11.5 Å². The van der Waals surface area contributed by atoms with Crippen molar-refractivity contribution in [1.82, 2.24) is 5.73 Å². The molecule has 0 atom stereocenters. The number of carbonyl (C=O) groups excluding carboxylic acids is 2. The maximum Gasteiger partial charge on any atom is 0.269 e. The molecule has 0 unspecified atom stereocenters. The molecule has 2 amide bonds. The number of carbonyl (C=O) groups is 2. The molecule has 5 rings (SSSR count). The van der Waals surface area contributed by atoms with Crippen molar-refractivity contribution in [3.8, 4) is 28.4 Å². The van der Waals surface area contributed by atoms with Gasteiger partial charge in [-0.3, -0.25) is 15.3 Å². The normalized spacial score (nSPS) is 15.2. The molecule has 0 aromatic heterocycles. The average Bonchev–Trinajstić information content (AvgIpc) is 3.50. The molecule has 7 heteroatoms. The standard InChI is InChI=1S/C25H21N2O5/c1-30-20-9-7-18(13-19(20)15-2-4-16(5-3-15)23(26)28)27-24(29)25(10-11-25)17-6-8-21-22(12-17)32-14-31-21/h2-9,12-13,26H,10-11,14H2,1H3,(H,27,29). The van der Waals surface area contributed by atoms with Crippen molar-refractivity contribution >= 4 is 17.5 Å². The topological polar surface area (TPSA) is 97.7 Å². The van der Waals surface area contributed by atoms with Crippen molar-refractivity contribution in [3.05, 3.63) is 71.8 Å². The molecule has 1 radical (unpaired) electrons. The van der Waals surface area contributed by atoms with Crippen molar-refractivity contribution in [2.24, 2.45) is 0 Å². The second kappa shape index (κ2) is 7.60. The molecule has 3 aromatic carbocycles. The van der Waals surface area contributed by atoms with Crippen LogP contribution in [0.4, 0.5) is 5.69 Å². The Kier molecular flexibility index (Phi) is 4.74. The van der Waals surface area contributed by atoms with Crippen LogP contribution >= 0.6 is 0 Å². The number of fused-ring (bicyclic) bond motifs is 1. The van der Waals surface area contributed by atoms with E-state index < -0.39 is 11.3 Å². The number of hydrogen-bond donors (Lipinski definition) is 1. The number of ether oxygens (including phenoxy) is 3. The van der Waals surface area contributed by atoms with Crippen LogP contribution < -0.4 is 25.3 Å². The van der Waals surface area contributed by atoms with Crippen molar-refractivity contribution in [1.29, 1.82) is 0 Å². The van der Waals surface area contributed by atoms with Gasteiger partial charge in [0, 0.05) is 16.8 Å². The monoisotopic (exact) mass is 429 g/mol. The van der Waals surface area contributed by atoms with Crippen molar-refractivity contribution < 1.29 is 23.8 Å². The Labute approximate surface area is 185 Å². The fourth-order valence-electron chi connectivity index (χ4n) is 4.03. The molecule has 7 nitrogen and oxygen atoms in total. The van der Waals surface area contributed by atoms with E-state index in [1.54, 1.807) is 43.5 Å². The van der Waals surface area contributed by atoms with Crippen LogP contribution in [0.3, 0.4) is 0 Å². The lowest BCUT2D eigenvalue weighted by molar-refractivity contribution is -0.118. The van der Waals surface area contributed by atoms with E-state index in [0.29, 0.717) is 28.5 Å². The molecular formula is C25H21N2O5. The Morgan fingerprint density at radius 3 is 2.41 bits per heavy atom. The van der Waals surface area contributed by atoms with Crippen LogP contribution in [-0.4, -0.2) is 25.7 Å². The lowest BCUT2D eigenvalue weighted by Crippen LogP contribution is -2.27. The molecule has 1 aliphatic heterocycles. The Balaban J connectivity index is 1.41. The van der Waals surface area contributed by atoms with Crippen molar-refractivity contribution in [2.75, 3.05) is 19.2 Å². The van der Waals surface area contributed by atoms with Gasteiger partial charge < -0.3 is 19.5 Å². The summed E-state index contributed by atoms with van der Waals surface area (Å²) in [5, 5.41) is 3.05. The molecular weight excluding hydrogens is 408 g/mol. The molecule has 161 valence electrons. The molecule has 0 spiro atoms. The van der Waals surface area contributed by atoms with Crippen LogP contribution in [0.1, 0.15) is 28.8 Å². The predicted octanol–water partition coefficient (Wildman–Crippen LogP) is 4.18. The van der Waals surface area contributed by atoms with Gasteiger partial charge in [-0.1, -0.05) is 18.2 Å². The number of anilines is 1. The molecule has 1 fully saturated rings. The quantitative estimate of drug-likeness (QED) is 0.634. The maximum atomic E-state index is 13.2. The van der Waals surface area contributed by atoms with E-state index in [1.807, 2.05) is 24.3 Å². The van der Waals surface area contributed by atoms with E-state index in [4.69, 9.17) is 19.9 Å². The zero-order valence-corrected chi connectivity index (χ0v) is 17.4. The number of amides is 2. The first-order valence-corrected chi connectivity index (χ1v) is 10.3. The Bertz CT molecular complexity index is 1220. The van der Waals surface area contributed by atoms with Crippen LogP contribution in [-0.2, 0) is 10.2 Å². The van der Waals surface area contributed by atoms with E-state index in [2.05, 4.69) is 5.32 Å². The Morgan fingerprint density at radius 2 is 1.72 bits per heavy atom. The van der Waals surface area contributed by atoms with Gasteiger partial charge in [-0.25, -0.2) is 0 Å². The van der Waals surface area contributed by atoms with Gasteiger partial charge >= 0.3 is 0 Å². The third-order valence-corrected chi connectivity index (χ3v) is 6.03. The molecule has 0 bridgehead atoms. The first-order valence-electron chi connectivity index (χ1n) is 10.3. The lowest BCUT2D eigenvalue weighted by Gasteiger charge is -2.17. The van der Waals surface area contributed by atoms with E-state index in [-0.39, 0.29) is 12.7 Å². The van der Waals surface area contributed by atoms with Crippen molar-refractivity contribution in [2.45, 2.75) is 18.3 Å². The smallest absolute Gasteiger partial charge is 0.269 e. The van der Waals surface area contributed by atoms with Gasteiger partial charge in [-0.2, -0.15) is 0 Å². The highest BCUT2D eigenvalue weighted by Gasteiger charge is 2.51. The zero-order chi connectivity index (χ0) is 22.3. The summed E-state index contributed by atoms with van der Waals surface area (Å²) in [6, 6.07) is 17.9. The largest absolute Gasteiger partial charge is 0.496 e. The minimum absolute atomic E-state index is 0.0670. The molecule has 1 aliphatic carbocycles. The van der Waals surface area contributed by atoms with Crippen LogP contribution in [0.2, 0.25) is 0 Å². The summed E-state index contributed by atoms with van der Waals surface area (Å²) in [5.41, 5.74) is 10.1. The van der Waals surface area contributed by atoms with Crippen LogP contribution in [0.15, 0.2) is 60.7 Å². The van der Waals surface area contributed by atoms with Crippen LogP contribution in [0.25, 0.3) is 11.1 Å².